The van der Waals surface area contributed by atoms with Crippen LogP contribution in [0.25, 0.3) is 0 Å². The monoisotopic (exact) mass is 152 g/mol. The van der Waals surface area contributed by atoms with E-state index in [1.807, 2.05) is 0 Å². The van der Waals surface area contributed by atoms with Crippen LogP contribution in [0.15, 0.2) is 24.3 Å². The van der Waals surface area contributed by atoms with Gasteiger partial charge in [0.05, 0.1) is 0 Å². The van der Waals surface area contributed by atoms with Gasteiger partial charge >= 0.3 is 0 Å². The molecule has 0 bridgehead atoms. The Bertz CT molecular complexity index is 251. The zero-order valence-electron chi connectivity index (χ0n) is 6.30. The Kier molecular flexibility index (Phi) is 2.36. The van der Waals surface area contributed by atoms with Gasteiger partial charge in [0.2, 0.25) is 0 Å². The predicted molar refractivity (Wildman–Crippen MR) is 41.3 cm³/mol. The minimum atomic E-state index is -0.474. The molecule has 0 amide bonds. The van der Waals surface area contributed by atoms with Gasteiger partial charge in [0.25, 0.3) is 0 Å². The Balaban J connectivity index is 2.91. The highest BCUT2D eigenvalue weighted by Crippen LogP contribution is 2.05. The number of halogens is 1. The Hall–Kier alpha value is -1.18. The van der Waals surface area contributed by atoms with Crippen molar-refractivity contribution in [3.05, 3.63) is 35.4 Å². The van der Waals surface area contributed by atoms with Crippen molar-refractivity contribution in [3.63, 3.8) is 0 Å². The fraction of sp³-hybridized carbons (Fsp3) is 0.222. The van der Waals surface area contributed by atoms with Gasteiger partial charge in [-0.05, 0) is 12.5 Å². The van der Waals surface area contributed by atoms with E-state index in [2.05, 4.69) is 0 Å². The number of benzene rings is 1. The van der Waals surface area contributed by atoms with E-state index in [0.717, 1.165) is 0 Å². The van der Waals surface area contributed by atoms with Gasteiger partial charge in [-0.3, -0.25) is 4.79 Å². The van der Waals surface area contributed by atoms with Crippen LogP contribution in [0, 0.1) is 0 Å². The molecule has 58 valence electrons. The molecule has 1 nitrogen and oxygen atoms in total. The molecule has 0 N–H and O–H groups in total. The van der Waals surface area contributed by atoms with Crippen LogP contribution in [0.2, 0.25) is 0 Å². The van der Waals surface area contributed by atoms with Gasteiger partial charge in [-0.25, -0.2) is 4.39 Å². The van der Waals surface area contributed by atoms with Gasteiger partial charge in [0.1, 0.15) is 6.67 Å². The summed E-state index contributed by atoms with van der Waals surface area (Å²) in [6.45, 7) is 1.02. The molecule has 0 aromatic heterocycles. The van der Waals surface area contributed by atoms with Crippen molar-refractivity contribution in [2.24, 2.45) is 0 Å². The van der Waals surface area contributed by atoms with Crippen LogP contribution >= 0.6 is 0 Å². The summed E-state index contributed by atoms with van der Waals surface area (Å²) >= 11 is 0. The number of hydrogen-bond donors (Lipinski definition) is 0. The van der Waals surface area contributed by atoms with E-state index in [0.29, 0.717) is 11.1 Å². The summed E-state index contributed by atoms with van der Waals surface area (Å²) in [4.78, 5) is 10.8. The highest BCUT2D eigenvalue weighted by atomic mass is 19.1. The normalized spacial score (nSPS) is 9.64. The number of carbonyl (C=O) groups excluding carboxylic acids is 1. The van der Waals surface area contributed by atoms with E-state index in [-0.39, 0.29) is 5.78 Å². The lowest BCUT2D eigenvalue weighted by Gasteiger charge is -1.95. The number of rotatable bonds is 2. The largest absolute Gasteiger partial charge is 0.295 e. The van der Waals surface area contributed by atoms with Crippen LogP contribution in [0.3, 0.4) is 0 Å². The van der Waals surface area contributed by atoms with Gasteiger partial charge in [0, 0.05) is 5.56 Å². The second kappa shape index (κ2) is 3.28. The van der Waals surface area contributed by atoms with Gasteiger partial charge in [-0.1, -0.05) is 24.3 Å². The van der Waals surface area contributed by atoms with Crippen molar-refractivity contribution in [2.75, 3.05) is 0 Å². The molecule has 0 aliphatic heterocycles. The zero-order chi connectivity index (χ0) is 8.27. The number of carbonyl (C=O) groups is 1. The first kappa shape index (κ1) is 7.92. The van der Waals surface area contributed by atoms with Crippen molar-refractivity contribution in [3.8, 4) is 0 Å². The quantitative estimate of drug-likeness (QED) is 0.594. The third-order valence-corrected chi connectivity index (χ3v) is 1.51. The molecule has 0 saturated heterocycles. The Labute approximate surface area is 64.9 Å². The number of Topliss-reactive ketones (excluding diaryl/α,β-unsaturated/α-hetero) is 1. The van der Waals surface area contributed by atoms with Crippen LogP contribution in [0.1, 0.15) is 22.8 Å². The molecule has 1 aromatic carbocycles. The zero-order valence-corrected chi connectivity index (χ0v) is 6.30. The van der Waals surface area contributed by atoms with Gasteiger partial charge < -0.3 is 0 Å². The van der Waals surface area contributed by atoms with E-state index >= 15 is 0 Å². The highest BCUT2D eigenvalue weighted by Gasteiger charge is 1.97. The lowest BCUT2D eigenvalue weighted by molar-refractivity contribution is 0.101. The Morgan fingerprint density at radius 3 is 2.27 bits per heavy atom. The summed E-state index contributed by atoms with van der Waals surface area (Å²) in [6.07, 6.45) is 0. The molecule has 0 aliphatic carbocycles. The molecule has 0 unspecified atom stereocenters. The smallest absolute Gasteiger partial charge is 0.159 e. The Morgan fingerprint density at radius 2 is 1.91 bits per heavy atom. The van der Waals surface area contributed by atoms with Crippen LogP contribution in [-0.4, -0.2) is 5.78 Å². The Morgan fingerprint density at radius 1 is 1.36 bits per heavy atom. The van der Waals surface area contributed by atoms with Crippen molar-refractivity contribution >= 4 is 5.78 Å². The molecule has 0 atom stereocenters. The van der Waals surface area contributed by atoms with E-state index < -0.39 is 6.67 Å². The van der Waals surface area contributed by atoms with E-state index in [1.54, 1.807) is 24.3 Å². The first-order valence-electron chi connectivity index (χ1n) is 3.40. The van der Waals surface area contributed by atoms with Crippen LogP contribution < -0.4 is 0 Å². The third-order valence-electron chi connectivity index (χ3n) is 1.51. The SMILES string of the molecule is CC(=O)c1ccc(CF)cc1. The number of ketones is 1. The van der Waals surface area contributed by atoms with E-state index in [4.69, 9.17) is 0 Å². The highest BCUT2D eigenvalue weighted by molar-refractivity contribution is 5.93. The van der Waals surface area contributed by atoms with E-state index in [9.17, 15) is 9.18 Å². The lowest BCUT2D eigenvalue weighted by Crippen LogP contribution is -1.91. The van der Waals surface area contributed by atoms with Gasteiger partial charge in [0.15, 0.2) is 5.78 Å². The molecule has 0 aliphatic rings. The molecule has 2 heteroatoms. The minimum absolute atomic E-state index is 0.00964. The first-order valence-corrected chi connectivity index (χ1v) is 3.40. The summed E-state index contributed by atoms with van der Waals surface area (Å²) in [7, 11) is 0. The van der Waals surface area contributed by atoms with Crippen LogP contribution in [0.4, 0.5) is 4.39 Å². The second-order valence-corrected chi connectivity index (χ2v) is 2.39. The van der Waals surface area contributed by atoms with Gasteiger partial charge in [-0.2, -0.15) is 0 Å². The number of alkyl halides is 1. The van der Waals surface area contributed by atoms with E-state index in [1.165, 1.54) is 6.92 Å². The summed E-state index contributed by atoms with van der Waals surface area (Å²) in [5.74, 6) is 0.00964. The topological polar surface area (TPSA) is 17.1 Å². The fourth-order valence-corrected chi connectivity index (χ4v) is 0.829. The van der Waals surface area contributed by atoms with Crippen LogP contribution in [0.5, 0.6) is 0 Å². The predicted octanol–water partition coefficient (Wildman–Crippen LogP) is 2.36. The van der Waals surface area contributed by atoms with Crippen LogP contribution in [-0.2, 0) is 6.67 Å². The molecule has 0 spiro atoms. The molecule has 0 saturated carbocycles. The minimum Gasteiger partial charge on any atom is -0.295 e. The maximum atomic E-state index is 12.0. The average Bonchev–Trinajstić information content (AvgIpc) is 2.05. The maximum absolute atomic E-state index is 12.0. The number of hydrogen-bond acceptors (Lipinski definition) is 1. The molecule has 0 fully saturated rings. The average molecular weight is 152 g/mol. The first-order chi connectivity index (χ1) is 5.24. The van der Waals surface area contributed by atoms with Crippen molar-refractivity contribution < 1.29 is 9.18 Å². The summed E-state index contributed by atoms with van der Waals surface area (Å²) in [6, 6.07) is 6.52. The molecule has 1 rings (SSSR count). The summed E-state index contributed by atoms with van der Waals surface area (Å²) in [5.41, 5.74) is 1.23. The maximum Gasteiger partial charge on any atom is 0.159 e. The molecule has 0 heterocycles. The third kappa shape index (κ3) is 1.87. The standard InChI is InChI=1S/C9H9FO/c1-7(11)9-4-2-8(6-10)3-5-9/h2-5H,6H2,1H3. The van der Waals surface area contributed by atoms with Crippen molar-refractivity contribution in [1.82, 2.24) is 0 Å². The second-order valence-electron chi connectivity index (χ2n) is 2.39. The molecule has 11 heavy (non-hydrogen) atoms. The van der Waals surface area contributed by atoms with Crippen molar-refractivity contribution in [2.45, 2.75) is 13.6 Å². The van der Waals surface area contributed by atoms with Gasteiger partial charge in [-0.15, -0.1) is 0 Å². The molecule has 1 aromatic rings. The molecular weight excluding hydrogens is 143 g/mol. The van der Waals surface area contributed by atoms with Crippen molar-refractivity contribution in [1.29, 1.82) is 0 Å². The summed E-state index contributed by atoms with van der Waals surface area (Å²) in [5, 5.41) is 0. The summed E-state index contributed by atoms with van der Waals surface area (Å²) < 4.78 is 12.0. The molecular formula is C9H9FO. The lowest BCUT2D eigenvalue weighted by atomic mass is 10.1. The molecule has 0 radical (unpaired) electrons. The fourth-order valence-electron chi connectivity index (χ4n) is 0.829.